The number of nitrogens with one attached hydrogen (secondary N) is 1. The molecule has 1 amide bonds. The molecule has 0 aliphatic heterocycles. The van der Waals surface area contributed by atoms with E-state index in [1.165, 1.54) is 21.8 Å². The maximum Gasteiger partial charge on any atom is 0.308 e. The molecular formula is C20H23N5O4. The normalized spacial score (nSPS) is 10.9. The molecule has 9 heteroatoms. The molecule has 2 heterocycles. The zero-order valence-electron chi connectivity index (χ0n) is 16.9. The second-order valence-corrected chi connectivity index (χ2v) is 6.98. The standard InChI is InChI=1S/C20H23N5O4/c1-12-7-13(2)18(14(3)8-12)23-16(26)10-29-17(27)5-6-25-11-21-19-15(20(25)28)9-22-24(19)4/h7-9,11H,5-6,10H2,1-4H3,(H,23,26). The van der Waals surface area contributed by atoms with E-state index in [0.29, 0.717) is 11.0 Å². The van der Waals surface area contributed by atoms with Gasteiger partial charge in [-0.05, 0) is 31.9 Å². The highest BCUT2D eigenvalue weighted by atomic mass is 16.5. The zero-order valence-corrected chi connectivity index (χ0v) is 16.9. The van der Waals surface area contributed by atoms with Gasteiger partial charge in [0.2, 0.25) is 0 Å². The van der Waals surface area contributed by atoms with Gasteiger partial charge in [0.25, 0.3) is 11.5 Å². The number of nitrogens with zero attached hydrogens (tertiary/aromatic N) is 4. The van der Waals surface area contributed by atoms with E-state index in [0.717, 1.165) is 22.4 Å². The van der Waals surface area contributed by atoms with Gasteiger partial charge in [0.05, 0.1) is 18.9 Å². The number of amides is 1. The molecular weight excluding hydrogens is 374 g/mol. The van der Waals surface area contributed by atoms with Crippen molar-refractivity contribution in [3.63, 3.8) is 0 Å². The number of hydrogen-bond acceptors (Lipinski definition) is 6. The lowest BCUT2D eigenvalue weighted by Gasteiger charge is -2.13. The second-order valence-electron chi connectivity index (χ2n) is 6.98. The van der Waals surface area contributed by atoms with Gasteiger partial charge in [0.1, 0.15) is 5.39 Å². The molecule has 9 nitrogen and oxygen atoms in total. The molecule has 0 fully saturated rings. The Morgan fingerprint density at radius 2 is 1.86 bits per heavy atom. The molecule has 0 aliphatic carbocycles. The monoisotopic (exact) mass is 397 g/mol. The van der Waals surface area contributed by atoms with Crippen LogP contribution in [0.15, 0.2) is 29.5 Å². The van der Waals surface area contributed by atoms with Crippen molar-refractivity contribution >= 4 is 28.6 Å². The molecule has 1 aromatic carbocycles. The van der Waals surface area contributed by atoms with Crippen molar-refractivity contribution in [2.45, 2.75) is 33.7 Å². The van der Waals surface area contributed by atoms with Crippen LogP contribution in [0.1, 0.15) is 23.1 Å². The maximum absolute atomic E-state index is 12.4. The van der Waals surface area contributed by atoms with Crippen LogP contribution in [0.4, 0.5) is 5.69 Å². The molecule has 0 spiro atoms. The molecule has 0 bridgehead atoms. The Bertz CT molecular complexity index is 1120. The van der Waals surface area contributed by atoms with Crippen LogP contribution in [-0.4, -0.2) is 37.8 Å². The lowest BCUT2D eigenvalue weighted by Crippen LogP contribution is -2.24. The lowest BCUT2D eigenvalue weighted by atomic mass is 10.1. The number of rotatable bonds is 6. The van der Waals surface area contributed by atoms with E-state index >= 15 is 0 Å². The van der Waals surface area contributed by atoms with Crippen molar-refractivity contribution in [1.29, 1.82) is 0 Å². The summed E-state index contributed by atoms with van der Waals surface area (Å²) in [5.74, 6) is -0.986. The number of ether oxygens (including phenoxy) is 1. The van der Waals surface area contributed by atoms with E-state index in [2.05, 4.69) is 15.4 Å². The number of esters is 1. The predicted molar refractivity (Wildman–Crippen MR) is 108 cm³/mol. The summed E-state index contributed by atoms with van der Waals surface area (Å²) in [6.07, 6.45) is 2.76. The molecule has 3 rings (SSSR count). The maximum atomic E-state index is 12.4. The van der Waals surface area contributed by atoms with E-state index < -0.39 is 11.9 Å². The molecule has 0 saturated heterocycles. The van der Waals surface area contributed by atoms with E-state index in [1.54, 1.807) is 7.05 Å². The van der Waals surface area contributed by atoms with Gasteiger partial charge in [0.15, 0.2) is 12.3 Å². The number of aromatic nitrogens is 4. The van der Waals surface area contributed by atoms with Gasteiger partial charge in [-0.2, -0.15) is 5.10 Å². The Hall–Kier alpha value is -3.49. The fourth-order valence-corrected chi connectivity index (χ4v) is 3.21. The fraction of sp³-hybridized carbons (Fsp3) is 0.350. The zero-order chi connectivity index (χ0) is 21.1. The molecule has 0 unspecified atom stereocenters. The third-order valence-corrected chi connectivity index (χ3v) is 4.58. The minimum atomic E-state index is -0.573. The summed E-state index contributed by atoms with van der Waals surface area (Å²) in [6, 6.07) is 3.94. The van der Waals surface area contributed by atoms with Gasteiger partial charge >= 0.3 is 5.97 Å². The predicted octanol–water partition coefficient (Wildman–Crippen LogP) is 1.63. The highest BCUT2D eigenvalue weighted by Crippen LogP contribution is 2.21. The Labute approximate surface area is 167 Å². The fourth-order valence-electron chi connectivity index (χ4n) is 3.21. The van der Waals surface area contributed by atoms with Gasteiger partial charge in [-0.25, -0.2) is 4.98 Å². The number of benzene rings is 1. The molecule has 0 radical (unpaired) electrons. The SMILES string of the molecule is Cc1cc(C)c(NC(=O)COC(=O)CCn2cnc3c(cnn3C)c2=O)c(C)c1. The van der Waals surface area contributed by atoms with E-state index in [9.17, 15) is 14.4 Å². The second kappa shape index (κ2) is 8.26. The summed E-state index contributed by atoms with van der Waals surface area (Å²) in [7, 11) is 1.70. The van der Waals surface area contributed by atoms with Crippen LogP contribution in [0, 0.1) is 20.8 Å². The molecule has 0 saturated carbocycles. The summed E-state index contributed by atoms with van der Waals surface area (Å²) in [4.78, 5) is 40.6. The van der Waals surface area contributed by atoms with Crippen molar-refractivity contribution in [2.75, 3.05) is 11.9 Å². The first-order valence-corrected chi connectivity index (χ1v) is 9.16. The quantitative estimate of drug-likeness (QED) is 0.634. The topological polar surface area (TPSA) is 108 Å². The highest BCUT2D eigenvalue weighted by molar-refractivity contribution is 5.94. The summed E-state index contributed by atoms with van der Waals surface area (Å²) in [5, 5.41) is 7.15. The average molecular weight is 397 g/mol. The summed E-state index contributed by atoms with van der Waals surface area (Å²) in [6.45, 7) is 5.52. The molecule has 1 N–H and O–H groups in total. The van der Waals surface area contributed by atoms with Gasteiger partial charge < -0.3 is 10.1 Å². The Morgan fingerprint density at radius 1 is 1.17 bits per heavy atom. The molecule has 152 valence electrons. The van der Waals surface area contributed by atoms with Gasteiger partial charge in [0, 0.05) is 19.3 Å². The largest absolute Gasteiger partial charge is 0.456 e. The van der Waals surface area contributed by atoms with E-state index in [-0.39, 0.29) is 25.1 Å². The minimum Gasteiger partial charge on any atom is -0.456 e. The third-order valence-electron chi connectivity index (χ3n) is 4.58. The molecule has 3 aromatic rings. The summed E-state index contributed by atoms with van der Waals surface area (Å²) < 4.78 is 7.86. The van der Waals surface area contributed by atoms with Crippen molar-refractivity contribution in [3.8, 4) is 0 Å². The summed E-state index contributed by atoms with van der Waals surface area (Å²) in [5.41, 5.74) is 3.92. The molecule has 0 aliphatic rings. The number of carbonyl (C=O) groups is 2. The first kappa shape index (κ1) is 20.2. The van der Waals surface area contributed by atoms with Crippen LogP contribution < -0.4 is 10.9 Å². The van der Waals surface area contributed by atoms with Crippen molar-refractivity contribution in [3.05, 3.63) is 51.7 Å². The van der Waals surface area contributed by atoms with Crippen molar-refractivity contribution in [1.82, 2.24) is 19.3 Å². The number of hydrogen-bond donors (Lipinski definition) is 1. The van der Waals surface area contributed by atoms with Gasteiger partial charge in [-0.3, -0.25) is 23.6 Å². The molecule has 0 atom stereocenters. The Balaban J connectivity index is 1.53. The number of anilines is 1. The van der Waals surface area contributed by atoms with Crippen LogP contribution >= 0.6 is 0 Å². The average Bonchev–Trinajstić information content (AvgIpc) is 3.04. The third kappa shape index (κ3) is 4.50. The number of fused-ring (bicyclic) bond motifs is 1. The van der Waals surface area contributed by atoms with Gasteiger partial charge in [-0.1, -0.05) is 17.7 Å². The van der Waals surface area contributed by atoms with Gasteiger partial charge in [-0.15, -0.1) is 0 Å². The smallest absolute Gasteiger partial charge is 0.308 e. The van der Waals surface area contributed by atoms with Crippen LogP contribution in [0.3, 0.4) is 0 Å². The minimum absolute atomic E-state index is 0.0524. The van der Waals surface area contributed by atoms with Crippen LogP contribution in [0.5, 0.6) is 0 Å². The number of aryl methyl sites for hydroxylation is 5. The van der Waals surface area contributed by atoms with Crippen LogP contribution in [0.25, 0.3) is 11.0 Å². The van der Waals surface area contributed by atoms with Crippen molar-refractivity contribution in [2.24, 2.45) is 7.05 Å². The van der Waals surface area contributed by atoms with E-state index in [1.807, 2.05) is 32.9 Å². The van der Waals surface area contributed by atoms with E-state index in [4.69, 9.17) is 4.74 Å². The first-order chi connectivity index (χ1) is 13.8. The van der Waals surface area contributed by atoms with Crippen LogP contribution in [0.2, 0.25) is 0 Å². The highest BCUT2D eigenvalue weighted by Gasteiger charge is 2.13. The van der Waals surface area contributed by atoms with Crippen LogP contribution in [-0.2, 0) is 27.9 Å². The number of carbonyl (C=O) groups excluding carboxylic acids is 2. The summed E-state index contributed by atoms with van der Waals surface area (Å²) >= 11 is 0. The first-order valence-electron chi connectivity index (χ1n) is 9.16. The van der Waals surface area contributed by atoms with Crippen molar-refractivity contribution < 1.29 is 14.3 Å². The lowest BCUT2D eigenvalue weighted by molar-refractivity contribution is -0.147. The Morgan fingerprint density at radius 3 is 2.55 bits per heavy atom. The Kier molecular flexibility index (Phi) is 5.76. The molecule has 29 heavy (non-hydrogen) atoms. The molecule has 2 aromatic heterocycles.